The van der Waals surface area contributed by atoms with Crippen molar-refractivity contribution in [3.8, 4) is 0 Å². The van der Waals surface area contributed by atoms with E-state index in [1.807, 2.05) is 91.0 Å². The van der Waals surface area contributed by atoms with Crippen LogP contribution in [-0.4, -0.2) is 16.8 Å². The van der Waals surface area contributed by atoms with Crippen molar-refractivity contribution in [2.75, 3.05) is 0 Å². The second-order valence-electron chi connectivity index (χ2n) is 6.30. The molecule has 0 aliphatic rings. The Kier molecular flexibility index (Phi) is 6.74. The highest BCUT2D eigenvalue weighted by Crippen LogP contribution is 2.08. The van der Waals surface area contributed by atoms with Crippen LogP contribution in [0.2, 0.25) is 0 Å². The lowest BCUT2D eigenvalue weighted by Crippen LogP contribution is -2.42. The predicted molar refractivity (Wildman–Crippen MR) is 111 cm³/mol. The predicted octanol–water partition coefficient (Wildman–Crippen LogP) is 4.64. The number of benzene rings is 3. The number of nitrogens with one attached hydrogen (secondary N) is 1. The number of hydrogen-bond acceptors (Lipinski definition) is 2. The second-order valence-corrected chi connectivity index (χ2v) is 6.30. The molecule has 4 nitrogen and oxygen atoms in total. The lowest BCUT2D eigenvalue weighted by Gasteiger charge is -2.20. The molecule has 3 aromatic rings. The van der Waals surface area contributed by atoms with E-state index in [1.165, 1.54) is 11.0 Å². The highest BCUT2D eigenvalue weighted by Gasteiger charge is 2.19. The molecule has 0 saturated carbocycles. The van der Waals surface area contributed by atoms with E-state index in [-0.39, 0.29) is 12.5 Å². The zero-order valence-electron chi connectivity index (χ0n) is 15.5. The summed E-state index contributed by atoms with van der Waals surface area (Å²) < 4.78 is 0. The van der Waals surface area contributed by atoms with Crippen molar-refractivity contribution in [3.63, 3.8) is 0 Å². The first kappa shape index (κ1) is 19.1. The van der Waals surface area contributed by atoms with Crippen molar-refractivity contribution in [3.05, 3.63) is 114 Å². The third-order valence-electron chi connectivity index (χ3n) is 4.20. The van der Waals surface area contributed by atoms with Gasteiger partial charge in [0.1, 0.15) is 0 Å². The number of nitrogens with zero attached hydrogens (tertiary/aromatic N) is 1. The quantitative estimate of drug-likeness (QED) is 0.643. The van der Waals surface area contributed by atoms with Gasteiger partial charge in [-0.15, -0.1) is 0 Å². The van der Waals surface area contributed by atoms with Crippen molar-refractivity contribution in [1.82, 2.24) is 10.2 Å². The molecule has 0 saturated heterocycles. The molecule has 3 rings (SSSR count). The monoisotopic (exact) mass is 370 g/mol. The Balaban J connectivity index is 1.72. The van der Waals surface area contributed by atoms with Gasteiger partial charge in [0.25, 0.3) is 5.91 Å². The van der Waals surface area contributed by atoms with Gasteiger partial charge in [-0.25, -0.2) is 4.79 Å². The van der Waals surface area contributed by atoms with Gasteiger partial charge < -0.3 is 5.32 Å². The fourth-order valence-electron chi connectivity index (χ4n) is 2.71. The number of rotatable bonds is 6. The molecule has 0 atom stereocenters. The van der Waals surface area contributed by atoms with Gasteiger partial charge in [-0.2, -0.15) is 0 Å². The van der Waals surface area contributed by atoms with E-state index in [4.69, 9.17) is 0 Å². The van der Waals surface area contributed by atoms with Crippen LogP contribution in [0.3, 0.4) is 0 Å². The molecule has 0 unspecified atom stereocenters. The van der Waals surface area contributed by atoms with Crippen LogP contribution in [0.25, 0.3) is 6.08 Å². The van der Waals surface area contributed by atoms with Crippen LogP contribution in [0.5, 0.6) is 0 Å². The maximum atomic E-state index is 12.8. The minimum absolute atomic E-state index is 0.208. The van der Waals surface area contributed by atoms with Crippen molar-refractivity contribution >= 4 is 18.0 Å². The zero-order chi connectivity index (χ0) is 19.6. The first-order chi connectivity index (χ1) is 13.7. The topological polar surface area (TPSA) is 49.4 Å². The molecule has 0 aliphatic heterocycles. The molecule has 0 bridgehead atoms. The van der Waals surface area contributed by atoms with E-state index in [0.29, 0.717) is 6.54 Å². The van der Waals surface area contributed by atoms with Crippen LogP contribution in [0.1, 0.15) is 16.7 Å². The Hall–Kier alpha value is -3.66. The summed E-state index contributed by atoms with van der Waals surface area (Å²) in [6.45, 7) is 0.570. The molecule has 0 aromatic heterocycles. The Morgan fingerprint density at radius 1 is 0.750 bits per heavy atom. The van der Waals surface area contributed by atoms with E-state index >= 15 is 0 Å². The molecule has 0 fully saturated rings. The largest absolute Gasteiger partial charge is 0.334 e. The van der Waals surface area contributed by atoms with Gasteiger partial charge >= 0.3 is 6.03 Å². The molecule has 28 heavy (non-hydrogen) atoms. The SMILES string of the molecule is O=C(C=Cc1ccccc1)N(Cc1ccccc1)C(=O)NCc1ccccc1. The Morgan fingerprint density at radius 3 is 1.89 bits per heavy atom. The average Bonchev–Trinajstić information content (AvgIpc) is 2.76. The molecule has 0 spiro atoms. The summed E-state index contributed by atoms with van der Waals surface area (Å²) in [7, 11) is 0. The number of amides is 3. The van der Waals surface area contributed by atoms with Gasteiger partial charge in [-0.1, -0.05) is 91.0 Å². The summed E-state index contributed by atoms with van der Waals surface area (Å²) >= 11 is 0. The maximum absolute atomic E-state index is 12.8. The highest BCUT2D eigenvalue weighted by molar-refractivity contribution is 6.02. The fraction of sp³-hybridized carbons (Fsp3) is 0.0833. The number of carbonyl (C=O) groups excluding carboxylic acids is 2. The number of urea groups is 1. The first-order valence-corrected chi connectivity index (χ1v) is 9.13. The van der Waals surface area contributed by atoms with Crippen LogP contribution in [0, 0.1) is 0 Å². The molecular formula is C24H22N2O2. The molecule has 3 amide bonds. The zero-order valence-corrected chi connectivity index (χ0v) is 15.5. The lowest BCUT2D eigenvalue weighted by atomic mass is 10.2. The molecule has 0 radical (unpaired) electrons. The van der Waals surface area contributed by atoms with E-state index in [1.54, 1.807) is 6.08 Å². The highest BCUT2D eigenvalue weighted by atomic mass is 16.2. The summed E-state index contributed by atoms with van der Waals surface area (Å²) in [4.78, 5) is 26.7. The van der Waals surface area contributed by atoms with E-state index in [2.05, 4.69) is 5.32 Å². The number of hydrogen-bond donors (Lipinski definition) is 1. The van der Waals surface area contributed by atoms with E-state index in [9.17, 15) is 9.59 Å². The molecule has 3 aromatic carbocycles. The lowest BCUT2D eigenvalue weighted by molar-refractivity contribution is -0.123. The normalized spacial score (nSPS) is 10.6. The number of imide groups is 1. The molecule has 0 heterocycles. The summed E-state index contributed by atoms with van der Waals surface area (Å²) in [6.07, 6.45) is 3.14. The van der Waals surface area contributed by atoms with Crippen molar-refractivity contribution in [2.24, 2.45) is 0 Å². The molecular weight excluding hydrogens is 348 g/mol. The van der Waals surface area contributed by atoms with Gasteiger partial charge in [0, 0.05) is 12.6 Å². The van der Waals surface area contributed by atoms with Crippen LogP contribution in [0.15, 0.2) is 97.1 Å². The van der Waals surface area contributed by atoms with Crippen LogP contribution in [0.4, 0.5) is 4.79 Å². The van der Waals surface area contributed by atoms with Gasteiger partial charge in [0.05, 0.1) is 6.54 Å². The first-order valence-electron chi connectivity index (χ1n) is 9.13. The van der Waals surface area contributed by atoms with Crippen molar-refractivity contribution < 1.29 is 9.59 Å². The van der Waals surface area contributed by atoms with Gasteiger partial charge in [-0.3, -0.25) is 9.69 Å². The Morgan fingerprint density at radius 2 is 1.29 bits per heavy atom. The van der Waals surface area contributed by atoms with Gasteiger partial charge in [-0.05, 0) is 22.8 Å². The Labute approximate surface area is 165 Å². The molecule has 140 valence electrons. The third-order valence-corrected chi connectivity index (χ3v) is 4.20. The van der Waals surface area contributed by atoms with Crippen LogP contribution >= 0.6 is 0 Å². The van der Waals surface area contributed by atoms with Crippen molar-refractivity contribution in [1.29, 1.82) is 0 Å². The average molecular weight is 370 g/mol. The van der Waals surface area contributed by atoms with Crippen LogP contribution in [-0.2, 0) is 17.9 Å². The second kappa shape index (κ2) is 9.88. The maximum Gasteiger partial charge on any atom is 0.324 e. The van der Waals surface area contributed by atoms with Crippen LogP contribution < -0.4 is 5.32 Å². The third kappa shape index (κ3) is 5.68. The van der Waals surface area contributed by atoms with Gasteiger partial charge in [0.15, 0.2) is 0 Å². The summed E-state index contributed by atoms with van der Waals surface area (Å²) in [5.74, 6) is -0.363. The molecule has 0 aliphatic carbocycles. The Bertz CT molecular complexity index is 923. The van der Waals surface area contributed by atoms with Gasteiger partial charge in [0.2, 0.25) is 0 Å². The smallest absolute Gasteiger partial charge is 0.324 e. The molecule has 1 N–H and O–H groups in total. The van der Waals surface area contributed by atoms with Crippen molar-refractivity contribution in [2.45, 2.75) is 13.1 Å². The summed E-state index contributed by atoms with van der Waals surface area (Å²) in [5.41, 5.74) is 2.77. The summed E-state index contributed by atoms with van der Waals surface area (Å²) in [5, 5.41) is 2.83. The molecule has 4 heteroatoms. The number of carbonyl (C=O) groups is 2. The minimum atomic E-state index is -0.421. The standard InChI is InChI=1S/C24H22N2O2/c27-23(17-16-20-10-4-1-5-11-20)26(19-22-14-8-3-9-15-22)24(28)25-18-21-12-6-2-7-13-21/h1-17H,18-19H2,(H,25,28). The van der Waals surface area contributed by atoms with E-state index in [0.717, 1.165) is 16.7 Å². The fourth-order valence-corrected chi connectivity index (χ4v) is 2.71. The minimum Gasteiger partial charge on any atom is -0.334 e. The van der Waals surface area contributed by atoms with E-state index < -0.39 is 6.03 Å². The summed E-state index contributed by atoms with van der Waals surface area (Å²) in [6, 6.07) is 28.2.